The molecule has 1 aromatic rings. The number of carbonyl (C=O) groups excluding carboxylic acids is 3. The van der Waals surface area contributed by atoms with Gasteiger partial charge in [0.2, 0.25) is 0 Å². The standard InChI is InChI=1S/C26H28O9/c1-21(2)13-9-15(27)35-23(13,4)26(31)16-17-22(3,18(33-19(16)28)12-6-8-32-10-12)7-5-14-24(17,34-14)11-25(26,30)20(21)29/h6,8,10,13-14,18,30-31H,5,7,9,11H2,1-4H3. The van der Waals surface area contributed by atoms with Crippen molar-refractivity contribution < 1.29 is 43.2 Å². The van der Waals surface area contributed by atoms with E-state index in [1.807, 2.05) is 6.92 Å². The van der Waals surface area contributed by atoms with Gasteiger partial charge in [0.25, 0.3) is 0 Å². The molecule has 4 fully saturated rings. The van der Waals surface area contributed by atoms with Crippen LogP contribution in [-0.4, -0.2) is 56.4 Å². The Labute approximate surface area is 201 Å². The minimum atomic E-state index is -2.50. The molecule has 0 aromatic carbocycles. The van der Waals surface area contributed by atoms with Crippen molar-refractivity contribution in [2.45, 2.75) is 88.0 Å². The average Bonchev–Trinajstić information content (AvgIpc) is 3.09. The first-order valence-electron chi connectivity index (χ1n) is 12.2. The Bertz CT molecular complexity index is 1260. The van der Waals surface area contributed by atoms with Crippen LogP contribution in [0.3, 0.4) is 0 Å². The number of ketones is 1. The predicted molar refractivity (Wildman–Crippen MR) is 115 cm³/mol. The number of hydrogen-bond donors (Lipinski definition) is 2. The van der Waals surface area contributed by atoms with E-state index in [0.29, 0.717) is 24.0 Å². The lowest BCUT2D eigenvalue weighted by atomic mass is 9.41. The lowest BCUT2D eigenvalue weighted by molar-refractivity contribution is -0.271. The van der Waals surface area contributed by atoms with E-state index in [1.54, 1.807) is 19.9 Å². The number of aliphatic hydroxyl groups is 2. The van der Waals surface area contributed by atoms with Gasteiger partial charge < -0.3 is 28.8 Å². The molecular formula is C26H28O9. The van der Waals surface area contributed by atoms with Crippen LogP contribution in [0.25, 0.3) is 0 Å². The quantitative estimate of drug-likeness (QED) is 0.452. The van der Waals surface area contributed by atoms with E-state index >= 15 is 0 Å². The number of carbonyl (C=O) groups is 3. The predicted octanol–water partition coefficient (Wildman–Crippen LogP) is 1.91. The topological polar surface area (TPSA) is 136 Å². The SMILES string of the molecule is CC1(C)C(=O)C2(O)CC34OC3CCC3(C)C4=C(C(=O)OC3c3ccoc3)C2(O)C2(C)OC(=O)CC12. The molecule has 1 aromatic heterocycles. The zero-order chi connectivity index (χ0) is 25.0. The summed E-state index contributed by atoms with van der Waals surface area (Å²) >= 11 is 0. The Morgan fingerprint density at radius 3 is 2.51 bits per heavy atom. The van der Waals surface area contributed by atoms with E-state index < -0.39 is 63.0 Å². The first-order chi connectivity index (χ1) is 16.3. The van der Waals surface area contributed by atoms with Crippen molar-refractivity contribution >= 4 is 17.7 Å². The summed E-state index contributed by atoms with van der Waals surface area (Å²) in [5.41, 5.74) is -8.69. The van der Waals surface area contributed by atoms with Gasteiger partial charge in [-0.2, -0.15) is 0 Å². The van der Waals surface area contributed by atoms with Crippen LogP contribution in [0.2, 0.25) is 0 Å². The number of furan rings is 1. The third kappa shape index (κ3) is 2.02. The first kappa shape index (κ1) is 21.8. The van der Waals surface area contributed by atoms with E-state index in [-0.39, 0.29) is 24.5 Å². The van der Waals surface area contributed by atoms with Crippen LogP contribution in [0.4, 0.5) is 0 Å². The molecule has 2 saturated carbocycles. The van der Waals surface area contributed by atoms with Crippen molar-refractivity contribution in [2.24, 2.45) is 16.7 Å². The summed E-state index contributed by atoms with van der Waals surface area (Å²) in [5.74, 6) is -2.82. The minimum absolute atomic E-state index is 0.107. The molecule has 2 N–H and O–H groups in total. The summed E-state index contributed by atoms with van der Waals surface area (Å²) in [7, 11) is 0. The van der Waals surface area contributed by atoms with E-state index in [4.69, 9.17) is 18.6 Å². The van der Waals surface area contributed by atoms with Crippen LogP contribution < -0.4 is 0 Å². The second kappa shape index (κ2) is 5.74. The van der Waals surface area contributed by atoms with Gasteiger partial charge in [0.1, 0.15) is 17.3 Å². The highest BCUT2D eigenvalue weighted by Gasteiger charge is 2.87. The Hall–Kier alpha value is -2.49. The molecule has 4 heterocycles. The van der Waals surface area contributed by atoms with Crippen LogP contribution in [-0.2, 0) is 28.6 Å². The van der Waals surface area contributed by atoms with Crippen molar-refractivity contribution in [1.82, 2.24) is 0 Å². The van der Waals surface area contributed by atoms with Gasteiger partial charge in [0.05, 0.1) is 30.6 Å². The summed E-state index contributed by atoms with van der Waals surface area (Å²) in [6.07, 6.45) is 2.94. The summed E-state index contributed by atoms with van der Waals surface area (Å²) in [6, 6.07) is 1.73. The summed E-state index contributed by atoms with van der Waals surface area (Å²) in [4.78, 5) is 40.5. The third-order valence-corrected chi connectivity index (χ3v) is 10.2. The first-order valence-corrected chi connectivity index (χ1v) is 12.2. The monoisotopic (exact) mass is 484 g/mol. The number of ether oxygens (including phenoxy) is 3. The number of cyclic esters (lactones) is 1. The van der Waals surface area contributed by atoms with E-state index in [0.717, 1.165) is 0 Å². The number of hydrogen-bond acceptors (Lipinski definition) is 9. The van der Waals surface area contributed by atoms with Gasteiger partial charge in [-0.15, -0.1) is 0 Å². The zero-order valence-electron chi connectivity index (χ0n) is 20.0. The maximum Gasteiger partial charge on any atom is 0.337 e. The molecular weight excluding hydrogens is 456 g/mol. The minimum Gasteiger partial charge on any atom is -0.472 e. The molecule has 6 aliphatic rings. The van der Waals surface area contributed by atoms with E-state index in [9.17, 15) is 24.6 Å². The van der Waals surface area contributed by atoms with Crippen LogP contribution >= 0.6 is 0 Å². The molecule has 9 heteroatoms. The number of rotatable bonds is 1. The van der Waals surface area contributed by atoms with Crippen LogP contribution in [0.1, 0.15) is 65.0 Å². The zero-order valence-corrected chi connectivity index (χ0v) is 20.0. The molecule has 1 spiro atoms. The van der Waals surface area contributed by atoms with Crippen LogP contribution in [0, 0.1) is 16.7 Å². The Morgan fingerprint density at radius 2 is 1.83 bits per heavy atom. The smallest absolute Gasteiger partial charge is 0.337 e. The summed E-state index contributed by atoms with van der Waals surface area (Å²) in [6.45, 7) is 6.79. The molecule has 0 radical (unpaired) electrons. The average molecular weight is 485 g/mol. The second-order valence-corrected chi connectivity index (χ2v) is 12.2. The number of Topliss-reactive ketones (excluding diaryl/α,β-unsaturated/α-hetero) is 1. The fourth-order valence-corrected chi connectivity index (χ4v) is 8.65. The van der Waals surface area contributed by atoms with Gasteiger partial charge in [-0.1, -0.05) is 20.8 Å². The molecule has 0 amide bonds. The Balaban J connectivity index is 1.56. The van der Waals surface area contributed by atoms with Gasteiger partial charge in [-0.3, -0.25) is 9.59 Å². The molecule has 0 bridgehead atoms. The van der Waals surface area contributed by atoms with Gasteiger partial charge in [-0.25, -0.2) is 4.79 Å². The Kier molecular flexibility index (Phi) is 3.57. The lowest BCUT2D eigenvalue weighted by Crippen LogP contribution is -2.83. The fraction of sp³-hybridized carbons (Fsp3) is 0.654. The van der Waals surface area contributed by atoms with E-state index in [1.165, 1.54) is 19.5 Å². The van der Waals surface area contributed by atoms with Gasteiger partial charge >= 0.3 is 11.9 Å². The normalized spacial score (nSPS) is 51.0. The van der Waals surface area contributed by atoms with Crippen molar-refractivity contribution in [1.29, 1.82) is 0 Å². The number of fused-ring (bicyclic) bond motifs is 4. The third-order valence-electron chi connectivity index (χ3n) is 10.2. The van der Waals surface area contributed by atoms with Gasteiger partial charge in [0, 0.05) is 28.7 Å². The highest BCUT2D eigenvalue weighted by atomic mass is 16.6. The Morgan fingerprint density at radius 1 is 1.09 bits per heavy atom. The fourth-order valence-electron chi connectivity index (χ4n) is 8.65. The molecule has 7 rings (SSSR count). The van der Waals surface area contributed by atoms with Crippen molar-refractivity contribution in [3.8, 4) is 0 Å². The second-order valence-electron chi connectivity index (χ2n) is 12.2. The van der Waals surface area contributed by atoms with Crippen molar-refractivity contribution in [3.63, 3.8) is 0 Å². The molecule has 3 aliphatic carbocycles. The molecule has 9 nitrogen and oxygen atoms in total. The lowest BCUT2D eigenvalue weighted by Gasteiger charge is -2.65. The highest BCUT2D eigenvalue weighted by Crippen LogP contribution is 2.74. The molecule has 35 heavy (non-hydrogen) atoms. The molecule has 8 atom stereocenters. The largest absolute Gasteiger partial charge is 0.472 e. The maximum absolute atomic E-state index is 14.0. The van der Waals surface area contributed by atoms with Crippen molar-refractivity contribution in [2.75, 3.05) is 0 Å². The van der Waals surface area contributed by atoms with Crippen LogP contribution in [0.15, 0.2) is 34.2 Å². The van der Waals surface area contributed by atoms with Crippen LogP contribution in [0.5, 0.6) is 0 Å². The molecule has 2 saturated heterocycles. The highest BCUT2D eigenvalue weighted by molar-refractivity contribution is 6.04. The van der Waals surface area contributed by atoms with E-state index in [2.05, 4.69) is 0 Å². The van der Waals surface area contributed by atoms with Gasteiger partial charge in [0.15, 0.2) is 17.0 Å². The summed E-state index contributed by atoms with van der Waals surface area (Å²) in [5, 5.41) is 24.8. The molecule has 186 valence electrons. The number of esters is 2. The molecule has 8 unspecified atom stereocenters. The van der Waals surface area contributed by atoms with Gasteiger partial charge in [-0.05, 0) is 31.4 Å². The number of epoxide rings is 1. The maximum atomic E-state index is 14.0. The molecule has 3 aliphatic heterocycles. The van der Waals surface area contributed by atoms with Crippen molar-refractivity contribution in [3.05, 3.63) is 35.3 Å². The summed E-state index contributed by atoms with van der Waals surface area (Å²) < 4.78 is 23.2.